The third kappa shape index (κ3) is 3.23. The second-order valence-corrected chi connectivity index (χ2v) is 2.64. The highest BCUT2D eigenvalue weighted by Gasteiger charge is 2.35. The smallest absolute Gasteiger partial charge is 0.382 e. The highest BCUT2D eigenvalue weighted by molar-refractivity contribution is 5.74. The highest BCUT2D eigenvalue weighted by Crippen LogP contribution is 2.09. The number of rotatable bonds is 4. The van der Waals surface area contributed by atoms with Crippen molar-refractivity contribution in [2.24, 2.45) is 5.92 Å². The van der Waals surface area contributed by atoms with Crippen LogP contribution in [0.2, 0.25) is 0 Å². The lowest BCUT2D eigenvalue weighted by Gasteiger charge is -2.10. The molecule has 0 rings (SSSR count). The minimum Gasteiger partial charge on any atom is -0.464 e. The molecule has 0 radical (unpaired) electrons. The van der Waals surface area contributed by atoms with Crippen LogP contribution in [-0.2, 0) is 9.53 Å². The molecular formula is C8H13NO4. The Bertz CT molecular complexity index is 224. The Kier molecular flexibility index (Phi) is 4.72. The molecule has 0 fully saturated rings. The molecule has 0 aliphatic carbocycles. The summed E-state index contributed by atoms with van der Waals surface area (Å²) >= 11 is 0. The quantitative estimate of drug-likeness (QED) is 0.285. The Hall–Kier alpha value is -1.39. The predicted octanol–water partition coefficient (Wildman–Crippen LogP) is 1.02. The minimum atomic E-state index is -1.30. The molecular weight excluding hydrogens is 174 g/mol. The number of ether oxygens (including phenoxy) is 1. The summed E-state index contributed by atoms with van der Waals surface area (Å²) < 4.78 is 4.33. The molecule has 1 unspecified atom stereocenters. The van der Waals surface area contributed by atoms with Gasteiger partial charge >= 0.3 is 12.0 Å². The maximum Gasteiger partial charge on any atom is 0.382 e. The van der Waals surface area contributed by atoms with Crippen LogP contribution >= 0.6 is 0 Å². The number of carbonyl (C=O) groups excluding carboxylic acids is 1. The van der Waals surface area contributed by atoms with E-state index in [1.54, 1.807) is 26.0 Å². The van der Waals surface area contributed by atoms with Crippen molar-refractivity contribution < 1.29 is 14.5 Å². The normalized spacial score (nSPS) is 15.3. The molecule has 0 aromatic carbocycles. The van der Waals surface area contributed by atoms with Crippen molar-refractivity contribution in [2.45, 2.75) is 19.9 Å². The van der Waals surface area contributed by atoms with Gasteiger partial charge in [-0.05, 0) is 6.92 Å². The molecule has 5 nitrogen and oxygen atoms in total. The highest BCUT2D eigenvalue weighted by atomic mass is 16.6. The number of nitrogens with zero attached hydrogens (tertiary/aromatic N) is 1. The zero-order valence-corrected chi connectivity index (χ0v) is 7.89. The Balaban J connectivity index is 4.60. The Morgan fingerprint density at radius 1 is 1.62 bits per heavy atom. The minimum absolute atomic E-state index is 0.451. The molecule has 0 N–H and O–H groups in total. The lowest BCUT2D eigenvalue weighted by Crippen LogP contribution is -2.35. The topological polar surface area (TPSA) is 69.4 Å². The van der Waals surface area contributed by atoms with Crippen molar-refractivity contribution in [3.05, 3.63) is 22.3 Å². The fourth-order valence-electron chi connectivity index (χ4n) is 1.02. The number of hydrogen-bond acceptors (Lipinski definition) is 4. The summed E-state index contributed by atoms with van der Waals surface area (Å²) in [5, 5.41) is 10.5. The van der Waals surface area contributed by atoms with Crippen LogP contribution in [0.5, 0.6) is 0 Å². The fourth-order valence-corrected chi connectivity index (χ4v) is 1.02. The molecule has 0 heterocycles. The lowest BCUT2D eigenvalue weighted by atomic mass is 10.0. The van der Waals surface area contributed by atoms with E-state index in [-0.39, 0.29) is 0 Å². The monoisotopic (exact) mass is 187 g/mol. The molecule has 0 saturated carbocycles. The van der Waals surface area contributed by atoms with Crippen LogP contribution in [0.4, 0.5) is 0 Å². The van der Waals surface area contributed by atoms with E-state index in [4.69, 9.17) is 0 Å². The van der Waals surface area contributed by atoms with Crippen molar-refractivity contribution in [3.63, 3.8) is 0 Å². The molecule has 0 saturated heterocycles. The fraction of sp³-hybridized carbons (Fsp3) is 0.625. The van der Waals surface area contributed by atoms with E-state index in [9.17, 15) is 14.9 Å². The molecule has 0 spiro atoms. The largest absolute Gasteiger partial charge is 0.464 e. The van der Waals surface area contributed by atoms with Gasteiger partial charge in [-0.3, -0.25) is 10.1 Å². The number of methoxy groups -OCH3 is 1. The van der Waals surface area contributed by atoms with Crippen LogP contribution < -0.4 is 0 Å². The number of nitro groups is 1. The summed E-state index contributed by atoms with van der Waals surface area (Å²) in [7, 11) is 1.14. The second-order valence-electron chi connectivity index (χ2n) is 2.64. The van der Waals surface area contributed by atoms with Gasteiger partial charge in [-0.15, -0.1) is 0 Å². The summed E-state index contributed by atoms with van der Waals surface area (Å²) in [5.41, 5.74) is 0. The molecule has 0 aromatic heterocycles. The van der Waals surface area contributed by atoms with E-state index in [1.165, 1.54) is 0 Å². The Labute approximate surface area is 76.5 Å². The molecule has 0 bridgehead atoms. The number of esters is 1. The van der Waals surface area contributed by atoms with Gasteiger partial charge in [0.25, 0.3) is 0 Å². The predicted molar refractivity (Wildman–Crippen MR) is 46.8 cm³/mol. The number of allylic oxidation sites excluding steroid dienone is 1. The summed E-state index contributed by atoms with van der Waals surface area (Å²) in [6.07, 6.45) is 3.27. The van der Waals surface area contributed by atoms with Crippen molar-refractivity contribution in [3.8, 4) is 0 Å². The van der Waals surface area contributed by atoms with Gasteiger partial charge < -0.3 is 4.74 Å². The first-order chi connectivity index (χ1) is 6.04. The molecule has 2 atom stereocenters. The van der Waals surface area contributed by atoms with Crippen LogP contribution in [0.1, 0.15) is 13.8 Å². The van der Waals surface area contributed by atoms with Gasteiger partial charge in [0.15, 0.2) is 0 Å². The summed E-state index contributed by atoms with van der Waals surface area (Å²) in [6.45, 7) is 3.34. The van der Waals surface area contributed by atoms with E-state index in [0.717, 1.165) is 7.11 Å². The van der Waals surface area contributed by atoms with E-state index >= 15 is 0 Å². The average Bonchev–Trinajstić information content (AvgIpc) is 2.04. The second kappa shape index (κ2) is 5.29. The molecule has 0 aromatic rings. The molecule has 5 heteroatoms. The van der Waals surface area contributed by atoms with Crippen molar-refractivity contribution in [2.75, 3.05) is 7.11 Å². The summed E-state index contributed by atoms with van der Waals surface area (Å²) in [5.74, 6) is -1.26. The first-order valence-electron chi connectivity index (χ1n) is 3.88. The third-order valence-electron chi connectivity index (χ3n) is 1.66. The van der Waals surface area contributed by atoms with Crippen LogP contribution in [0, 0.1) is 16.0 Å². The van der Waals surface area contributed by atoms with Gasteiger partial charge in [-0.2, -0.15) is 0 Å². The van der Waals surface area contributed by atoms with Crippen LogP contribution in [0.25, 0.3) is 0 Å². The first kappa shape index (κ1) is 11.6. The Morgan fingerprint density at radius 2 is 2.15 bits per heavy atom. The lowest BCUT2D eigenvalue weighted by molar-refractivity contribution is -0.516. The SMILES string of the molecule is C/C=C/[C@H](C)C(C(=O)OC)[N+](=O)[O-]. The van der Waals surface area contributed by atoms with Crippen LogP contribution in [0.15, 0.2) is 12.2 Å². The number of carbonyl (C=O) groups is 1. The van der Waals surface area contributed by atoms with Gasteiger partial charge in [0.2, 0.25) is 0 Å². The average molecular weight is 187 g/mol. The molecule has 0 amide bonds. The standard InChI is InChI=1S/C8H13NO4/c1-4-5-6(2)7(9(11)12)8(10)13-3/h4-7H,1-3H3/b5-4+/t6-,7?/m0/s1. The number of hydrogen-bond donors (Lipinski definition) is 0. The molecule has 13 heavy (non-hydrogen) atoms. The van der Waals surface area contributed by atoms with Crippen molar-refractivity contribution >= 4 is 5.97 Å². The summed E-state index contributed by atoms with van der Waals surface area (Å²) in [4.78, 5) is 20.8. The van der Waals surface area contributed by atoms with Gasteiger partial charge in [0, 0.05) is 4.92 Å². The van der Waals surface area contributed by atoms with Crippen molar-refractivity contribution in [1.29, 1.82) is 0 Å². The van der Waals surface area contributed by atoms with Gasteiger partial charge in [0.05, 0.1) is 13.0 Å². The molecule has 74 valence electrons. The van der Waals surface area contributed by atoms with Gasteiger partial charge in [-0.25, -0.2) is 4.79 Å². The summed E-state index contributed by atoms with van der Waals surface area (Å²) in [6, 6.07) is -1.30. The van der Waals surface area contributed by atoms with E-state index in [2.05, 4.69) is 4.74 Å². The maximum atomic E-state index is 11.0. The van der Waals surface area contributed by atoms with Gasteiger partial charge in [-0.1, -0.05) is 19.1 Å². The maximum absolute atomic E-state index is 11.0. The first-order valence-corrected chi connectivity index (χ1v) is 3.88. The van der Waals surface area contributed by atoms with E-state index in [0.29, 0.717) is 0 Å². The van der Waals surface area contributed by atoms with Gasteiger partial charge in [0.1, 0.15) is 0 Å². The zero-order chi connectivity index (χ0) is 10.4. The Morgan fingerprint density at radius 3 is 2.46 bits per heavy atom. The zero-order valence-electron chi connectivity index (χ0n) is 7.89. The van der Waals surface area contributed by atoms with E-state index in [1.807, 2.05) is 0 Å². The molecule has 0 aliphatic heterocycles. The van der Waals surface area contributed by atoms with Crippen LogP contribution in [0.3, 0.4) is 0 Å². The van der Waals surface area contributed by atoms with Crippen LogP contribution in [-0.4, -0.2) is 24.0 Å². The third-order valence-corrected chi connectivity index (χ3v) is 1.66. The van der Waals surface area contributed by atoms with Crippen molar-refractivity contribution in [1.82, 2.24) is 0 Å². The van der Waals surface area contributed by atoms with E-state index < -0.39 is 22.9 Å². The molecule has 0 aliphatic rings.